The van der Waals surface area contributed by atoms with Crippen LogP contribution in [0, 0.1) is 10.1 Å². The molecule has 0 spiro atoms. The Bertz CT molecular complexity index is 1130. The molecule has 8 heteroatoms. The molecule has 0 unspecified atom stereocenters. The van der Waals surface area contributed by atoms with Crippen molar-refractivity contribution in [2.24, 2.45) is 0 Å². The standard InChI is InChI=1S/C19H14N4O3S/c24-18(20-15-8-4-5-9-17(15)23(25)26)10-14-12-27-19-21-16(11-22(14)19)13-6-2-1-3-7-13/h1-9,11-12H,10H2,(H,20,24). The quantitative estimate of drug-likeness (QED) is 0.417. The highest BCUT2D eigenvalue weighted by atomic mass is 32.1. The van der Waals surface area contributed by atoms with Gasteiger partial charge in [0.25, 0.3) is 5.69 Å². The van der Waals surface area contributed by atoms with Crippen molar-refractivity contribution in [3.63, 3.8) is 0 Å². The van der Waals surface area contributed by atoms with Crippen molar-refractivity contribution >= 4 is 33.6 Å². The van der Waals surface area contributed by atoms with Gasteiger partial charge >= 0.3 is 0 Å². The van der Waals surface area contributed by atoms with Crippen LogP contribution < -0.4 is 5.32 Å². The molecule has 0 aliphatic heterocycles. The molecular weight excluding hydrogens is 364 g/mol. The number of nitrogens with one attached hydrogen (secondary N) is 1. The number of rotatable bonds is 5. The molecule has 2 aromatic heterocycles. The lowest BCUT2D eigenvalue weighted by Crippen LogP contribution is -2.16. The van der Waals surface area contributed by atoms with E-state index in [9.17, 15) is 14.9 Å². The number of para-hydroxylation sites is 2. The van der Waals surface area contributed by atoms with Crippen LogP contribution in [0.15, 0.2) is 66.2 Å². The first-order valence-electron chi connectivity index (χ1n) is 8.16. The maximum atomic E-state index is 12.4. The van der Waals surface area contributed by atoms with Crippen LogP contribution in [0.1, 0.15) is 5.69 Å². The zero-order valence-electron chi connectivity index (χ0n) is 14.0. The number of imidazole rings is 1. The molecule has 0 saturated carbocycles. The van der Waals surface area contributed by atoms with Crippen LogP contribution in [-0.2, 0) is 11.2 Å². The van der Waals surface area contributed by atoms with Crippen molar-refractivity contribution in [1.29, 1.82) is 0 Å². The lowest BCUT2D eigenvalue weighted by atomic mass is 10.2. The molecule has 0 saturated heterocycles. The highest BCUT2D eigenvalue weighted by Gasteiger charge is 2.17. The van der Waals surface area contributed by atoms with Crippen LogP contribution in [0.2, 0.25) is 0 Å². The number of nitro groups is 1. The fraction of sp³-hybridized carbons (Fsp3) is 0.0526. The second-order valence-corrected chi connectivity index (χ2v) is 6.71. The van der Waals surface area contributed by atoms with E-state index < -0.39 is 4.92 Å². The monoisotopic (exact) mass is 378 g/mol. The third-order valence-corrected chi connectivity index (χ3v) is 4.96. The fourth-order valence-electron chi connectivity index (χ4n) is 2.80. The van der Waals surface area contributed by atoms with E-state index in [2.05, 4.69) is 10.3 Å². The summed E-state index contributed by atoms with van der Waals surface area (Å²) in [4.78, 5) is 28.4. The topological polar surface area (TPSA) is 89.5 Å². The van der Waals surface area contributed by atoms with Crippen molar-refractivity contribution in [2.75, 3.05) is 5.32 Å². The minimum atomic E-state index is -0.513. The average Bonchev–Trinajstić information content (AvgIpc) is 3.25. The number of hydrogen-bond donors (Lipinski definition) is 1. The van der Waals surface area contributed by atoms with Gasteiger partial charge in [-0.1, -0.05) is 42.5 Å². The van der Waals surface area contributed by atoms with Crippen LogP contribution in [0.3, 0.4) is 0 Å². The molecule has 0 bridgehead atoms. The summed E-state index contributed by atoms with van der Waals surface area (Å²) in [6.07, 6.45) is 1.99. The molecule has 4 aromatic rings. The van der Waals surface area contributed by atoms with Crippen molar-refractivity contribution in [3.8, 4) is 11.3 Å². The smallest absolute Gasteiger partial charge is 0.292 e. The molecule has 1 amide bonds. The minimum Gasteiger partial charge on any atom is -0.320 e. The molecule has 134 valence electrons. The number of amides is 1. The molecule has 0 aliphatic rings. The molecule has 1 N–H and O–H groups in total. The Balaban J connectivity index is 1.56. The second-order valence-electron chi connectivity index (χ2n) is 5.87. The van der Waals surface area contributed by atoms with Crippen molar-refractivity contribution in [2.45, 2.75) is 6.42 Å². The number of nitro benzene ring substituents is 1. The van der Waals surface area contributed by atoms with Gasteiger partial charge in [-0.3, -0.25) is 19.3 Å². The van der Waals surface area contributed by atoms with Gasteiger partial charge in [0, 0.05) is 28.9 Å². The van der Waals surface area contributed by atoms with Crippen LogP contribution >= 0.6 is 11.3 Å². The summed E-state index contributed by atoms with van der Waals surface area (Å²) in [5.41, 5.74) is 2.68. The van der Waals surface area contributed by atoms with Crippen molar-refractivity contribution < 1.29 is 9.72 Å². The Morgan fingerprint density at radius 2 is 1.89 bits per heavy atom. The zero-order chi connectivity index (χ0) is 18.8. The normalized spacial score (nSPS) is 10.8. The maximum absolute atomic E-state index is 12.4. The molecule has 7 nitrogen and oxygen atoms in total. The summed E-state index contributed by atoms with van der Waals surface area (Å²) in [5, 5.41) is 15.6. The lowest BCUT2D eigenvalue weighted by Gasteiger charge is -2.05. The van der Waals surface area contributed by atoms with Gasteiger partial charge in [-0.25, -0.2) is 4.98 Å². The summed E-state index contributed by atoms with van der Waals surface area (Å²) in [6, 6.07) is 15.9. The number of anilines is 1. The van der Waals surface area contributed by atoms with Gasteiger partial charge in [0.2, 0.25) is 5.91 Å². The van der Waals surface area contributed by atoms with Gasteiger partial charge in [-0.05, 0) is 6.07 Å². The third kappa shape index (κ3) is 3.42. The number of aromatic nitrogens is 2. The second kappa shape index (κ2) is 7.00. The van der Waals surface area contributed by atoms with Gasteiger partial charge in [-0.2, -0.15) is 0 Å². The van der Waals surface area contributed by atoms with E-state index in [0.717, 1.165) is 21.9 Å². The van der Waals surface area contributed by atoms with E-state index in [0.29, 0.717) is 0 Å². The van der Waals surface area contributed by atoms with Gasteiger partial charge in [0.05, 0.1) is 17.0 Å². The Hall–Kier alpha value is -3.52. The largest absolute Gasteiger partial charge is 0.320 e. The molecule has 4 rings (SSSR count). The number of thiazole rings is 1. The zero-order valence-corrected chi connectivity index (χ0v) is 14.8. The van der Waals surface area contributed by atoms with E-state index in [-0.39, 0.29) is 23.7 Å². The van der Waals surface area contributed by atoms with Crippen LogP contribution in [0.4, 0.5) is 11.4 Å². The Kier molecular flexibility index (Phi) is 4.39. The predicted octanol–water partition coefficient (Wildman–Crippen LogP) is 4.15. The Labute approximate surface area is 158 Å². The first-order valence-corrected chi connectivity index (χ1v) is 9.04. The van der Waals surface area contributed by atoms with E-state index in [1.165, 1.54) is 23.5 Å². The molecule has 2 heterocycles. The van der Waals surface area contributed by atoms with Crippen LogP contribution in [-0.4, -0.2) is 20.2 Å². The number of carbonyl (C=O) groups excluding carboxylic acids is 1. The first-order chi connectivity index (χ1) is 13.1. The van der Waals surface area contributed by atoms with E-state index in [1.807, 2.05) is 46.3 Å². The summed E-state index contributed by atoms with van der Waals surface area (Å²) < 4.78 is 1.88. The highest BCUT2D eigenvalue weighted by Crippen LogP contribution is 2.25. The molecule has 0 fully saturated rings. The summed E-state index contributed by atoms with van der Waals surface area (Å²) >= 11 is 1.45. The molecule has 0 radical (unpaired) electrons. The van der Waals surface area contributed by atoms with Crippen molar-refractivity contribution in [3.05, 3.63) is 82.0 Å². The van der Waals surface area contributed by atoms with Gasteiger partial charge in [-0.15, -0.1) is 11.3 Å². The average molecular weight is 378 g/mol. The molecule has 2 aromatic carbocycles. The van der Waals surface area contributed by atoms with E-state index in [4.69, 9.17) is 0 Å². The van der Waals surface area contributed by atoms with Gasteiger partial charge in [0.1, 0.15) is 5.69 Å². The molecule has 27 heavy (non-hydrogen) atoms. The third-order valence-electron chi connectivity index (χ3n) is 4.07. The number of fused-ring (bicyclic) bond motifs is 1. The summed E-state index contributed by atoms with van der Waals surface area (Å²) in [6.45, 7) is 0. The predicted molar refractivity (Wildman–Crippen MR) is 104 cm³/mol. The maximum Gasteiger partial charge on any atom is 0.292 e. The minimum absolute atomic E-state index is 0.0939. The van der Waals surface area contributed by atoms with Gasteiger partial charge < -0.3 is 5.32 Å². The summed E-state index contributed by atoms with van der Waals surface area (Å²) in [7, 11) is 0. The molecule has 0 aliphatic carbocycles. The number of nitrogens with zero attached hydrogens (tertiary/aromatic N) is 3. The van der Waals surface area contributed by atoms with E-state index in [1.54, 1.807) is 12.1 Å². The van der Waals surface area contributed by atoms with E-state index >= 15 is 0 Å². The Morgan fingerprint density at radius 1 is 1.15 bits per heavy atom. The van der Waals surface area contributed by atoms with Crippen LogP contribution in [0.25, 0.3) is 16.2 Å². The fourth-order valence-corrected chi connectivity index (χ4v) is 3.67. The Morgan fingerprint density at radius 3 is 2.67 bits per heavy atom. The number of benzene rings is 2. The first kappa shape index (κ1) is 16.9. The van der Waals surface area contributed by atoms with Crippen LogP contribution in [0.5, 0.6) is 0 Å². The summed E-state index contributed by atoms with van der Waals surface area (Å²) in [5.74, 6) is -0.320. The van der Waals surface area contributed by atoms with Gasteiger partial charge in [0.15, 0.2) is 4.96 Å². The van der Waals surface area contributed by atoms with Crippen molar-refractivity contribution in [1.82, 2.24) is 9.38 Å². The number of carbonyl (C=O) groups is 1. The number of hydrogen-bond acceptors (Lipinski definition) is 5. The SMILES string of the molecule is O=C(Cc1csc2nc(-c3ccccc3)cn12)Nc1ccccc1[N+](=O)[O-]. The lowest BCUT2D eigenvalue weighted by molar-refractivity contribution is -0.383. The molecule has 0 atom stereocenters. The highest BCUT2D eigenvalue weighted by molar-refractivity contribution is 7.15. The molecular formula is C19H14N4O3S.